The molecule has 0 aliphatic heterocycles. The second-order valence-electron chi connectivity index (χ2n) is 10.5. The molecule has 172 valence electrons. The van der Waals surface area contributed by atoms with Crippen molar-refractivity contribution in [3.63, 3.8) is 0 Å². The predicted molar refractivity (Wildman–Crippen MR) is 126 cm³/mol. The van der Waals surface area contributed by atoms with Crippen LogP contribution < -0.4 is 4.74 Å². The molecule has 0 radical (unpaired) electrons. The highest BCUT2D eigenvalue weighted by Crippen LogP contribution is 2.58. The second kappa shape index (κ2) is 11.9. The Morgan fingerprint density at radius 1 is 0.839 bits per heavy atom. The number of nitrogens with zero attached hydrogens (tertiary/aromatic N) is 1. The van der Waals surface area contributed by atoms with Crippen LogP contribution in [0.3, 0.4) is 0 Å². The lowest BCUT2D eigenvalue weighted by atomic mass is 9.53. The highest BCUT2D eigenvalue weighted by Gasteiger charge is 2.48. The molecule has 31 heavy (non-hydrogen) atoms. The highest BCUT2D eigenvalue weighted by molar-refractivity contribution is 5.36. The minimum Gasteiger partial charge on any atom is -0.493 e. The third-order valence-electron chi connectivity index (χ3n) is 8.22. The lowest BCUT2D eigenvalue weighted by Crippen LogP contribution is -2.44. The van der Waals surface area contributed by atoms with Gasteiger partial charge in [-0.1, -0.05) is 71.1 Å². The van der Waals surface area contributed by atoms with E-state index in [1.54, 1.807) is 6.07 Å². The van der Waals surface area contributed by atoms with Crippen molar-refractivity contribution in [3.8, 4) is 11.8 Å². The van der Waals surface area contributed by atoms with Gasteiger partial charge in [-0.05, 0) is 62.5 Å². The standard InChI is InChI=1S/C28H42FNO/c1-2-3-4-5-6-7-8-9-10-11-14-27-15-18-28(19-16-27,20-17-27)23-31-25-13-12-24(22-30)26(29)21-25/h12-13,21H,2-11,14-20,23H2,1H3. The molecule has 0 saturated heterocycles. The molecular formula is C28H42FNO. The molecule has 3 fully saturated rings. The summed E-state index contributed by atoms with van der Waals surface area (Å²) in [6.07, 6.45) is 23.3. The molecule has 3 saturated carbocycles. The SMILES string of the molecule is CCCCCCCCCCCCC12CCC(COc3ccc(C#N)c(F)c3)(CC1)CC2. The molecule has 3 aliphatic rings. The summed E-state index contributed by atoms with van der Waals surface area (Å²) in [6, 6.07) is 6.46. The summed E-state index contributed by atoms with van der Waals surface area (Å²) >= 11 is 0. The zero-order valence-corrected chi connectivity index (χ0v) is 19.7. The fourth-order valence-corrected chi connectivity index (χ4v) is 5.83. The maximum absolute atomic E-state index is 13.8. The zero-order chi connectivity index (χ0) is 22.0. The molecule has 1 aromatic carbocycles. The zero-order valence-electron chi connectivity index (χ0n) is 19.7. The van der Waals surface area contributed by atoms with Gasteiger partial charge in [-0.3, -0.25) is 0 Å². The van der Waals surface area contributed by atoms with Crippen LogP contribution in [0.1, 0.15) is 122 Å². The number of nitriles is 1. The van der Waals surface area contributed by atoms with Gasteiger partial charge in [0.2, 0.25) is 0 Å². The Morgan fingerprint density at radius 2 is 1.39 bits per heavy atom. The molecule has 0 atom stereocenters. The predicted octanol–water partition coefficient (Wildman–Crippen LogP) is 8.73. The maximum atomic E-state index is 13.8. The van der Waals surface area contributed by atoms with Gasteiger partial charge in [-0.15, -0.1) is 0 Å². The smallest absolute Gasteiger partial charge is 0.144 e. The number of halogens is 1. The van der Waals surface area contributed by atoms with Gasteiger partial charge in [-0.2, -0.15) is 5.26 Å². The first-order valence-corrected chi connectivity index (χ1v) is 12.9. The molecule has 2 bridgehead atoms. The van der Waals surface area contributed by atoms with Crippen molar-refractivity contribution in [2.45, 2.75) is 116 Å². The summed E-state index contributed by atoms with van der Waals surface area (Å²) < 4.78 is 19.8. The fraction of sp³-hybridized carbons (Fsp3) is 0.750. The van der Waals surface area contributed by atoms with Crippen LogP contribution in [0.15, 0.2) is 18.2 Å². The van der Waals surface area contributed by atoms with Crippen LogP contribution >= 0.6 is 0 Å². The Hall–Kier alpha value is -1.56. The minimum absolute atomic E-state index is 0.0811. The Balaban J connectivity index is 1.31. The molecule has 2 nitrogen and oxygen atoms in total. The second-order valence-corrected chi connectivity index (χ2v) is 10.5. The monoisotopic (exact) mass is 427 g/mol. The lowest BCUT2D eigenvalue weighted by molar-refractivity contribution is -0.0410. The van der Waals surface area contributed by atoms with Crippen molar-refractivity contribution < 1.29 is 9.13 Å². The summed E-state index contributed by atoms with van der Waals surface area (Å²) in [4.78, 5) is 0. The molecule has 1 aromatic rings. The van der Waals surface area contributed by atoms with Crippen molar-refractivity contribution in [2.24, 2.45) is 10.8 Å². The molecule has 3 aliphatic carbocycles. The van der Waals surface area contributed by atoms with Crippen LogP contribution in [-0.2, 0) is 0 Å². The fourth-order valence-electron chi connectivity index (χ4n) is 5.83. The van der Waals surface area contributed by atoms with E-state index in [1.807, 2.05) is 6.07 Å². The van der Waals surface area contributed by atoms with Gasteiger partial charge in [-0.25, -0.2) is 4.39 Å². The number of fused-ring (bicyclic) bond motifs is 3. The van der Waals surface area contributed by atoms with E-state index >= 15 is 0 Å². The van der Waals surface area contributed by atoms with Crippen molar-refractivity contribution in [1.82, 2.24) is 0 Å². The van der Waals surface area contributed by atoms with Gasteiger partial charge in [0.05, 0.1) is 12.2 Å². The Kier molecular flexibility index (Phi) is 9.24. The normalized spacial score (nSPS) is 24.8. The van der Waals surface area contributed by atoms with Crippen LogP contribution in [0.5, 0.6) is 5.75 Å². The number of ether oxygens (including phenoxy) is 1. The van der Waals surface area contributed by atoms with Crippen molar-refractivity contribution in [3.05, 3.63) is 29.6 Å². The quantitative estimate of drug-likeness (QED) is 0.278. The van der Waals surface area contributed by atoms with Gasteiger partial charge in [0.15, 0.2) is 0 Å². The van der Waals surface area contributed by atoms with Gasteiger partial charge in [0.25, 0.3) is 0 Å². The van der Waals surface area contributed by atoms with Crippen LogP contribution in [0.25, 0.3) is 0 Å². The Bertz CT molecular complexity index is 698. The number of benzene rings is 1. The summed E-state index contributed by atoms with van der Waals surface area (Å²) in [6.45, 7) is 2.97. The average Bonchev–Trinajstić information content (AvgIpc) is 2.80. The van der Waals surface area contributed by atoms with E-state index in [2.05, 4.69) is 6.92 Å². The van der Waals surface area contributed by atoms with Crippen LogP contribution in [0, 0.1) is 28.0 Å². The van der Waals surface area contributed by atoms with E-state index in [-0.39, 0.29) is 11.0 Å². The molecule has 0 N–H and O–H groups in total. The summed E-state index contributed by atoms with van der Waals surface area (Å²) in [5.41, 5.74) is 0.962. The maximum Gasteiger partial charge on any atom is 0.144 e. The Labute approximate surface area is 189 Å². The van der Waals surface area contributed by atoms with E-state index in [1.165, 1.54) is 121 Å². The van der Waals surface area contributed by atoms with E-state index in [9.17, 15) is 4.39 Å². The van der Waals surface area contributed by atoms with Gasteiger partial charge < -0.3 is 4.74 Å². The molecule has 0 unspecified atom stereocenters. The van der Waals surface area contributed by atoms with E-state index in [0.717, 1.165) is 0 Å². The first-order chi connectivity index (χ1) is 15.1. The third kappa shape index (κ3) is 6.96. The Morgan fingerprint density at radius 3 is 1.94 bits per heavy atom. The van der Waals surface area contributed by atoms with Gasteiger partial charge >= 0.3 is 0 Å². The highest BCUT2D eigenvalue weighted by atomic mass is 19.1. The molecule has 0 amide bonds. The summed E-state index contributed by atoms with van der Waals surface area (Å²) in [5.74, 6) is 0.0685. The summed E-state index contributed by atoms with van der Waals surface area (Å²) in [5, 5.41) is 8.87. The summed E-state index contributed by atoms with van der Waals surface area (Å²) in [7, 11) is 0. The van der Waals surface area contributed by atoms with E-state index in [4.69, 9.17) is 10.00 Å². The van der Waals surface area contributed by atoms with Gasteiger partial charge in [0.1, 0.15) is 17.6 Å². The van der Waals surface area contributed by atoms with Crippen molar-refractivity contribution in [2.75, 3.05) is 6.61 Å². The minimum atomic E-state index is -0.486. The molecule has 0 heterocycles. The first kappa shape index (κ1) is 24.1. The molecule has 4 rings (SSSR count). The third-order valence-corrected chi connectivity index (χ3v) is 8.22. The van der Waals surface area contributed by atoms with Crippen LogP contribution in [0.2, 0.25) is 0 Å². The lowest BCUT2D eigenvalue weighted by Gasteiger charge is -2.53. The number of unbranched alkanes of at least 4 members (excludes halogenated alkanes) is 9. The number of hydrogen-bond acceptors (Lipinski definition) is 2. The van der Waals surface area contributed by atoms with Crippen LogP contribution in [0.4, 0.5) is 4.39 Å². The molecule has 0 aromatic heterocycles. The topological polar surface area (TPSA) is 33.0 Å². The van der Waals surface area contributed by atoms with E-state index < -0.39 is 5.82 Å². The largest absolute Gasteiger partial charge is 0.493 e. The molecular weight excluding hydrogens is 385 g/mol. The van der Waals surface area contributed by atoms with Crippen molar-refractivity contribution in [1.29, 1.82) is 5.26 Å². The number of rotatable bonds is 14. The molecule has 3 heteroatoms. The molecule has 0 spiro atoms. The van der Waals surface area contributed by atoms with E-state index in [0.29, 0.717) is 17.8 Å². The van der Waals surface area contributed by atoms with Crippen LogP contribution in [-0.4, -0.2) is 6.61 Å². The van der Waals surface area contributed by atoms with Crippen molar-refractivity contribution >= 4 is 0 Å². The average molecular weight is 428 g/mol. The van der Waals surface area contributed by atoms with Gasteiger partial charge in [0, 0.05) is 11.5 Å². The first-order valence-electron chi connectivity index (χ1n) is 12.9. The number of hydrogen-bond donors (Lipinski definition) is 0.